The second kappa shape index (κ2) is 5.86. The minimum absolute atomic E-state index is 0.0878. The Hall–Kier alpha value is -0.890. The van der Waals surface area contributed by atoms with Crippen molar-refractivity contribution in [1.82, 2.24) is 4.90 Å². The molecule has 0 fully saturated rings. The summed E-state index contributed by atoms with van der Waals surface area (Å²) in [5.74, 6) is -0.0878. The summed E-state index contributed by atoms with van der Waals surface area (Å²) in [5, 5.41) is 0. The Morgan fingerprint density at radius 1 is 1.27 bits per heavy atom. The average Bonchev–Trinajstić information content (AvgIpc) is 2.22. The molecule has 0 aliphatic carbocycles. The molecule has 0 N–H and O–H groups in total. The van der Waals surface area contributed by atoms with Crippen molar-refractivity contribution in [2.45, 2.75) is 33.7 Å². The predicted octanol–water partition coefficient (Wildman–Crippen LogP) is 3.37. The van der Waals surface area contributed by atoms with E-state index in [-0.39, 0.29) is 5.82 Å². The van der Waals surface area contributed by atoms with Crippen LogP contribution >= 0.6 is 0 Å². The molecule has 0 aliphatic heterocycles. The molecule has 0 saturated heterocycles. The first kappa shape index (κ1) is 12.2. The number of hydrogen-bond donors (Lipinski definition) is 0. The largest absolute Gasteiger partial charge is 0.299 e. The van der Waals surface area contributed by atoms with Crippen LogP contribution in [-0.2, 0) is 6.54 Å². The molecule has 1 aromatic rings. The first-order valence-electron chi connectivity index (χ1n) is 5.64. The van der Waals surface area contributed by atoms with Crippen molar-refractivity contribution in [3.05, 3.63) is 35.1 Å². The minimum atomic E-state index is -0.0878. The van der Waals surface area contributed by atoms with Gasteiger partial charge in [-0.2, -0.15) is 0 Å². The van der Waals surface area contributed by atoms with Gasteiger partial charge in [0, 0.05) is 12.1 Å². The molecule has 0 saturated carbocycles. The second-order valence-corrected chi connectivity index (χ2v) is 3.96. The fourth-order valence-corrected chi connectivity index (χ4v) is 1.73. The highest BCUT2D eigenvalue weighted by Crippen LogP contribution is 2.12. The Morgan fingerprint density at radius 3 is 2.60 bits per heavy atom. The number of hydrogen-bond acceptors (Lipinski definition) is 1. The van der Waals surface area contributed by atoms with Crippen LogP contribution in [0.1, 0.15) is 31.4 Å². The third-order valence-electron chi connectivity index (χ3n) is 2.58. The van der Waals surface area contributed by atoms with Crippen molar-refractivity contribution >= 4 is 0 Å². The van der Waals surface area contributed by atoms with Gasteiger partial charge in [-0.1, -0.05) is 31.5 Å². The van der Waals surface area contributed by atoms with Gasteiger partial charge in [0.1, 0.15) is 5.82 Å². The zero-order valence-corrected chi connectivity index (χ0v) is 9.89. The summed E-state index contributed by atoms with van der Waals surface area (Å²) < 4.78 is 13.5. The minimum Gasteiger partial charge on any atom is -0.299 e. The molecule has 84 valence electrons. The number of halogens is 1. The molecule has 1 rings (SSSR count). The summed E-state index contributed by atoms with van der Waals surface area (Å²) in [4.78, 5) is 2.26. The monoisotopic (exact) mass is 209 g/mol. The van der Waals surface area contributed by atoms with Gasteiger partial charge in [0.15, 0.2) is 0 Å². The molecule has 0 unspecified atom stereocenters. The van der Waals surface area contributed by atoms with Gasteiger partial charge < -0.3 is 0 Å². The third kappa shape index (κ3) is 3.63. The molecule has 1 nitrogen and oxygen atoms in total. The maximum atomic E-state index is 13.5. The van der Waals surface area contributed by atoms with Gasteiger partial charge in [0.25, 0.3) is 0 Å². The van der Waals surface area contributed by atoms with E-state index >= 15 is 0 Å². The molecule has 0 radical (unpaired) electrons. The van der Waals surface area contributed by atoms with E-state index in [0.29, 0.717) is 0 Å². The van der Waals surface area contributed by atoms with Crippen LogP contribution < -0.4 is 0 Å². The summed E-state index contributed by atoms with van der Waals surface area (Å²) in [6, 6.07) is 5.31. The average molecular weight is 209 g/mol. The molecule has 0 atom stereocenters. The lowest BCUT2D eigenvalue weighted by molar-refractivity contribution is 0.276. The number of rotatable bonds is 5. The molecule has 0 bridgehead atoms. The van der Waals surface area contributed by atoms with Crippen LogP contribution in [0.4, 0.5) is 4.39 Å². The van der Waals surface area contributed by atoms with Crippen LogP contribution in [0.5, 0.6) is 0 Å². The third-order valence-corrected chi connectivity index (χ3v) is 2.58. The predicted molar refractivity (Wildman–Crippen MR) is 62.4 cm³/mol. The van der Waals surface area contributed by atoms with Gasteiger partial charge in [0.05, 0.1) is 0 Å². The highest BCUT2D eigenvalue weighted by atomic mass is 19.1. The van der Waals surface area contributed by atoms with Crippen LogP contribution in [0.3, 0.4) is 0 Å². The van der Waals surface area contributed by atoms with E-state index in [4.69, 9.17) is 0 Å². The van der Waals surface area contributed by atoms with E-state index in [1.54, 1.807) is 6.07 Å². The van der Waals surface area contributed by atoms with E-state index in [2.05, 4.69) is 18.7 Å². The highest BCUT2D eigenvalue weighted by molar-refractivity contribution is 5.23. The number of benzene rings is 1. The molecule has 0 heterocycles. The number of nitrogens with zero attached hydrogens (tertiary/aromatic N) is 1. The van der Waals surface area contributed by atoms with Gasteiger partial charge in [0.2, 0.25) is 0 Å². The van der Waals surface area contributed by atoms with Crippen LogP contribution in [0.25, 0.3) is 0 Å². The Morgan fingerprint density at radius 2 is 2.00 bits per heavy atom. The summed E-state index contributed by atoms with van der Waals surface area (Å²) in [6.07, 6.45) is 1.11. The fourth-order valence-electron chi connectivity index (χ4n) is 1.73. The van der Waals surface area contributed by atoms with Crippen molar-refractivity contribution in [3.63, 3.8) is 0 Å². The topological polar surface area (TPSA) is 3.24 Å². The van der Waals surface area contributed by atoms with Crippen molar-refractivity contribution in [2.24, 2.45) is 0 Å². The quantitative estimate of drug-likeness (QED) is 0.718. The van der Waals surface area contributed by atoms with Gasteiger partial charge in [-0.05, 0) is 32.5 Å². The van der Waals surface area contributed by atoms with E-state index in [0.717, 1.165) is 37.2 Å². The van der Waals surface area contributed by atoms with Gasteiger partial charge in [-0.3, -0.25) is 4.90 Å². The van der Waals surface area contributed by atoms with Crippen LogP contribution in [0.15, 0.2) is 18.2 Å². The first-order chi connectivity index (χ1) is 7.17. The lowest BCUT2D eigenvalue weighted by atomic mass is 10.1. The van der Waals surface area contributed by atoms with Crippen molar-refractivity contribution in [2.75, 3.05) is 13.1 Å². The fraction of sp³-hybridized carbons (Fsp3) is 0.538. The van der Waals surface area contributed by atoms with Crippen molar-refractivity contribution in [1.29, 1.82) is 0 Å². The lowest BCUT2D eigenvalue weighted by Crippen LogP contribution is -2.24. The smallest absolute Gasteiger partial charge is 0.127 e. The maximum absolute atomic E-state index is 13.5. The van der Waals surface area contributed by atoms with Gasteiger partial charge in [-0.25, -0.2) is 4.39 Å². The Balaban J connectivity index is 2.73. The molecule has 0 amide bonds. The van der Waals surface area contributed by atoms with Crippen molar-refractivity contribution in [3.8, 4) is 0 Å². The summed E-state index contributed by atoms with van der Waals surface area (Å²) in [6.45, 7) is 8.99. The molecule has 2 heteroatoms. The zero-order valence-electron chi connectivity index (χ0n) is 9.89. The summed E-state index contributed by atoms with van der Waals surface area (Å²) in [7, 11) is 0. The Kier molecular flexibility index (Phi) is 4.76. The number of aryl methyl sites for hydroxylation is 1. The second-order valence-electron chi connectivity index (χ2n) is 3.96. The van der Waals surface area contributed by atoms with E-state index in [1.807, 2.05) is 19.1 Å². The van der Waals surface area contributed by atoms with Crippen LogP contribution in [0, 0.1) is 12.7 Å². The van der Waals surface area contributed by atoms with Gasteiger partial charge >= 0.3 is 0 Å². The summed E-state index contributed by atoms with van der Waals surface area (Å²) >= 11 is 0. The SMILES string of the molecule is CCCN(CC)Cc1cc(C)ccc1F. The van der Waals surface area contributed by atoms with Crippen LogP contribution in [-0.4, -0.2) is 18.0 Å². The van der Waals surface area contributed by atoms with Crippen LogP contribution in [0.2, 0.25) is 0 Å². The first-order valence-corrected chi connectivity index (χ1v) is 5.64. The molecule has 0 aliphatic rings. The Labute approximate surface area is 91.9 Å². The zero-order chi connectivity index (χ0) is 11.3. The van der Waals surface area contributed by atoms with E-state index < -0.39 is 0 Å². The molecular formula is C13H20FN. The molecule has 1 aromatic carbocycles. The van der Waals surface area contributed by atoms with Gasteiger partial charge in [-0.15, -0.1) is 0 Å². The van der Waals surface area contributed by atoms with E-state index in [1.165, 1.54) is 0 Å². The van der Waals surface area contributed by atoms with E-state index in [9.17, 15) is 4.39 Å². The Bertz CT molecular complexity index is 309. The normalized spacial score (nSPS) is 11.0. The highest BCUT2D eigenvalue weighted by Gasteiger charge is 2.07. The molecule has 0 aromatic heterocycles. The maximum Gasteiger partial charge on any atom is 0.127 e. The van der Waals surface area contributed by atoms with Crippen molar-refractivity contribution < 1.29 is 4.39 Å². The summed E-state index contributed by atoms with van der Waals surface area (Å²) in [5.41, 5.74) is 1.93. The lowest BCUT2D eigenvalue weighted by Gasteiger charge is -2.20. The molecule has 15 heavy (non-hydrogen) atoms. The standard InChI is InChI=1S/C13H20FN/c1-4-8-15(5-2)10-12-9-11(3)6-7-13(12)14/h6-7,9H,4-5,8,10H2,1-3H3. The molecular weight excluding hydrogens is 189 g/mol. The molecule has 0 spiro atoms.